The summed E-state index contributed by atoms with van der Waals surface area (Å²) in [6.45, 7) is 9.05. The summed E-state index contributed by atoms with van der Waals surface area (Å²) >= 11 is 1.22. The Balaban J connectivity index is 4.36. The van der Waals surface area contributed by atoms with Crippen LogP contribution in [0.15, 0.2) is 0 Å². The highest BCUT2D eigenvalue weighted by molar-refractivity contribution is 8.00. The molecule has 1 atom stereocenters. The number of nitrogens with one attached hydrogen (secondary N) is 1. The summed E-state index contributed by atoms with van der Waals surface area (Å²) in [6.07, 6.45) is 0. The van der Waals surface area contributed by atoms with Crippen molar-refractivity contribution < 1.29 is 19.5 Å². The minimum absolute atomic E-state index is 0.0213. The van der Waals surface area contributed by atoms with Gasteiger partial charge in [0.05, 0.1) is 5.75 Å². The molecule has 0 aromatic rings. The van der Waals surface area contributed by atoms with Crippen LogP contribution in [0, 0.1) is 0 Å². The molecular weight excluding hydrogens is 280 g/mol. The predicted octanol–water partition coefficient (Wildman–Crippen LogP) is 0.954. The van der Waals surface area contributed by atoms with Gasteiger partial charge in [-0.1, -0.05) is 0 Å². The van der Waals surface area contributed by atoms with Crippen LogP contribution < -0.4 is 5.32 Å². The SMILES string of the molecule is CC(=O)N[C@@H](CSCC(=O)N(C(C)C)C(C)C)C(=O)O. The molecule has 0 aliphatic heterocycles. The van der Waals surface area contributed by atoms with E-state index in [1.165, 1.54) is 18.7 Å². The maximum Gasteiger partial charge on any atom is 0.327 e. The first-order chi connectivity index (χ1) is 9.16. The zero-order valence-electron chi connectivity index (χ0n) is 12.7. The van der Waals surface area contributed by atoms with Gasteiger partial charge in [0.2, 0.25) is 11.8 Å². The van der Waals surface area contributed by atoms with Crippen molar-refractivity contribution in [1.82, 2.24) is 10.2 Å². The van der Waals surface area contributed by atoms with Gasteiger partial charge >= 0.3 is 5.97 Å². The number of nitrogens with zero attached hydrogens (tertiary/aromatic N) is 1. The molecule has 0 fully saturated rings. The summed E-state index contributed by atoms with van der Waals surface area (Å²) in [6, 6.07) is -0.751. The van der Waals surface area contributed by atoms with E-state index in [9.17, 15) is 14.4 Å². The molecule has 7 heteroatoms. The molecule has 0 saturated heterocycles. The highest BCUT2D eigenvalue weighted by atomic mass is 32.2. The van der Waals surface area contributed by atoms with Crippen LogP contribution in [0.5, 0.6) is 0 Å². The first-order valence-corrected chi connectivity index (χ1v) is 7.71. The number of carboxylic acids is 1. The number of amides is 2. The third-order valence-corrected chi connectivity index (χ3v) is 3.61. The Bertz CT molecular complexity index is 350. The van der Waals surface area contributed by atoms with E-state index in [4.69, 9.17) is 5.11 Å². The van der Waals surface area contributed by atoms with Crippen LogP contribution in [0.3, 0.4) is 0 Å². The Morgan fingerprint density at radius 1 is 1.15 bits per heavy atom. The molecule has 0 rings (SSSR count). The third-order valence-electron chi connectivity index (χ3n) is 2.59. The van der Waals surface area contributed by atoms with E-state index in [1.54, 1.807) is 4.90 Å². The number of carbonyl (C=O) groups is 3. The Morgan fingerprint density at radius 3 is 2.00 bits per heavy atom. The lowest BCUT2D eigenvalue weighted by atomic mass is 10.2. The van der Waals surface area contributed by atoms with Crippen molar-refractivity contribution in [3.63, 3.8) is 0 Å². The summed E-state index contributed by atoms with van der Waals surface area (Å²) < 4.78 is 0. The lowest BCUT2D eigenvalue weighted by Gasteiger charge is -2.30. The van der Waals surface area contributed by atoms with Crippen molar-refractivity contribution in [2.45, 2.75) is 52.7 Å². The maximum absolute atomic E-state index is 12.1. The number of hydrogen-bond acceptors (Lipinski definition) is 4. The van der Waals surface area contributed by atoms with Gasteiger partial charge in [-0.05, 0) is 27.7 Å². The van der Waals surface area contributed by atoms with E-state index in [1.807, 2.05) is 27.7 Å². The summed E-state index contributed by atoms with van der Waals surface area (Å²) in [4.78, 5) is 35.7. The molecule has 0 bridgehead atoms. The van der Waals surface area contributed by atoms with Gasteiger partial charge in [-0.3, -0.25) is 9.59 Å². The van der Waals surface area contributed by atoms with Gasteiger partial charge in [-0.15, -0.1) is 11.8 Å². The predicted molar refractivity (Wildman–Crippen MR) is 79.7 cm³/mol. The van der Waals surface area contributed by atoms with Gasteiger partial charge in [-0.25, -0.2) is 4.79 Å². The Hall–Kier alpha value is -1.24. The quantitative estimate of drug-likeness (QED) is 0.697. The fourth-order valence-corrected chi connectivity index (χ4v) is 2.83. The van der Waals surface area contributed by atoms with Crippen LogP contribution in [0.4, 0.5) is 0 Å². The van der Waals surface area contributed by atoms with Gasteiger partial charge < -0.3 is 15.3 Å². The van der Waals surface area contributed by atoms with Gasteiger partial charge in [-0.2, -0.15) is 0 Å². The van der Waals surface area contributed by atoms with Crippen LogP contribution in [0.1, 0.15) is 34.6 Å². The molecule has 0 aliphatic carbocycles. The summed E-state index contributed by atoms with van der Waals surface area (Å²) in [7, 11) is 0. The number of aliphatic carboxylic acids is 1. The van der Waals surface area contributed by atoms with E-state index in [-0.39, 0.29) is 29.5 Å². The molecule has 20 heavy (non-hydrogen) atoms. The number of hydrogen-bond donors (Lipinski definition) is 2. The van der Waals surface area contributed by atoms with Gasteiger partial charge in [0.25, 0.3) is 0 Å². The van der Waals surface area contributed by atoms with Crippen molar-refractivity contribution in [3.05, 3.63) is 0 Å². The average Bonchev–Trinajstić information content (AvgIpc) is 2.25. The first-order valence-electron chi connectivity index (χ1n) is 6.55. The molecule has 116 valence electrons. The molecule has 0 aliphatic rings. The molecule has 0 saturated carbocycles. The molecule has 0 unspecified atom stereocenters. The van der Waals surface area contributed by atoms with Gasteiger partial charge in [0.15, 0.2) is 0 Å². The minimum Gasteiger partial charge on any atom is -0.480 e. The van der Waals surface area contributed by atoms with Crippen molar-refractivity contribution in [3.8, 4) is 0 Å². The minimum atomic E-state index is -1.09. The zero-order chi connectivity index (χ0) is 15.9. The Kier molecular flexibility index (Phi) is 8.29. The van der Waals surface area contributed by atoms with E-state index in [0.717, 1.165) is 0 Å². The summed E-state index contributed by atoms with van der Waals surface area (Å²) in [5.41, 5.74) is 0. The van der Waals surface area contributed by atoms with Crippen molar-refractivity contribution >= 4 is 29.5 Å². The van der Waals surface area contributed by atoms with Crippen LogP contribution in [0.25, 0.3) is 0 Å². The second-order valence-corrected chi connectivity index (χ2v) is 6.13. The highest BCUT2D eigenvalue weighted by Crippen LogP contribution is 2.11. The molecule has 0 aromatic carbocycles. The highest BCUT2D eigenvalue weighted by Gasteiger charge is 2.22. The van der Waals surface area contributed by atoms with Crippen LogP contribution in [0.2, 0.25) is 0 Å². The molecule has 0 heterocycles. The summed E-state index contributed by atoms with van der Waals surface area (Å²) in [5.74, 6) is -1.13. The first kappa shape index (κ1) is 18.8. The monoisotopic (exact) mass is 304 g/mol. The lowest BCUT2D eigenvalue weighted by molar-refractivity contribution is -0.140. The molecule has 2 N–H and O–H groups in total. The van der Waals surface area contributed by atoms with Gasteiger partial charge in [0, 0.05) is 24.8 Å². The lowest BCUT2D eigenvalue weighted by Crippen LogP contribution is -2.44. The Labute approximate surface area is 124 Å². The van der Waals surface area contributed by atoms with Crippen LogP contribution in [-0.4, -0.2) is 57.4 Å². The van der Waals surface area contributed by atoms with Crippen molar-refractivity contribution in [2.75, 3.05) is 11.5 Å². The normalized spacial score (nSPS) is 12.3. The largest absolute Gasteiger partial charge is 0.480 e. The smallest absolute Gasteiger partial charge is 0.327 e. The standard InChI is InChI=1S/C13H24N2O4S/c1-8(2)15(9(3)4)12(17)7-20-6-11(13(18)19)14-10(5)16/h8-9,11H,6-7H2,1-5H3,(H,14,16)(H,18,19)/t11-/m0/s1. The fraction of sp³-hybridized carbons (Fsp3) is 0.769. The molecule has 0 radical (unpaired) electrons. The number of carboxylic acid groups (broad SMARTS) is 1. The van der Waals surface area contributed by atoms with Crippen LogP contribution >= 0.6 is 11.8 Å². The van der Waals surface area contributed by atoms with Crippen molar-refractivity contribution in [2.24, 2.45) is 0 Å². The van der Waals surface area contributed by atoms with E-state index < -0.39 is 17.9 Å². The molecule has 6 nitrogen and oxygen atoms in total. The number of rotatable bonds is 8. The second-order valence-electron chi connectivity index (χ2n) is 5.09. The Morgan fingerprint density at radius 2 is 1.65 bits per heavy atom. The maximum atomic E-state index is 12.1. The number of carbonyl (C=O) groups excluding carboxylic acids is 2. The molecular formula is C13H24N2O4S. The summed E-state index contributed by atoms with van der Waals surface area (Å²) in [5, 5.41) is 11.3. The van der Waals surface area contributed by atoms with E-state index in [0.29, 0.717) is 0 Å². The van der Waals surface area contributed by atoms with Gasteiger partial charge in [0.1, 0.15) is 6.04 Å². The second kappa shape index (κ2) is 8.84. The molecule has 2 amide bonds. The van der Waals surface area contributed by atoms with E-state index in [2.05, 4.69) is 5.32 Å². The van der Waals surface area contributed by atoms with Crippen LogP contribution in [-0.2, 0) is 14.4 Å². The molecule has 0 spiro atoms. The third kappa shape index (κ3) is 6.79. The number of thioether (sulfide) groups is 1. The zero-order valence-corrected chi connectivity index (χ0v) is 13.5. The van der Waals surface area contributed by atoms with Crippen molar-refractivity contribution in [1.29, 1.82) is 0 Å². The van der Waals surface area contributed by atoms with E-state index >= 15 is 0 Å². The molecule has 0 aromatic heterocycles. The fourth-order valence-electron chi connectivity index (χ4n) is 1.93. The topological polar surface area (TPSA) is 86.7 Å². The average molecular weight is 304 g/mol.